The number of rotatable bonds is 2. The van der Waals surface area contributed by atoms with Gasteiger partial charge in [-0.25, -0.2) is 0 Å². The molecular weight excluding hydrogens is 172 g/mol. The molecule has 0 radical (unpaired) electrons. The summed E-state index contributed by atoms with van der Waals surface area (Å²) in [4.78, 5) is 0. The van der Waals surface area contributed by atoms with Gasteiger partial charge in [-0.3, -0.25) is 0 Å². The van der Waals surface area contributed by atoms with Crippen LogP contribution >= 0.6 is 0 Å². The molecule has 1 aromatic rings. The lowest BCUT2D eigenvalue weighted by Gasteiger charge is -2.19. The number of hydrogen-bond donors (Lipinski definition) is 0. The first kappa shape index (κ1) is 10.5. The van der Waals surface area contributed by atoms with Gasteiger partial charge in [0.15, 0.2) is 0 Å². The van der Waals surface area contributed by atoms with E-state index >= 15 is 0 Å². The predicted molar refractivity (Wildman–Crippen MR) is 63.7 cm³/mol. The first-order valence-electron chi connectivity index (χ1n) is 5.10. The van der Waals surface area contributed by atoms with Crippen molar-refractivity contribution in [2.75, 3.05) is 0 Å². The molecular formula is C12H20Si. The number of aryl methyl sites for hydroxylation is 1. The number of hydrogen-bond acceptors (Lipinski definition) is 0. The Balaban J connectivity index is 2.87. The second-order valence-electron chi connectivity index (χ2n) is 4.86. The monoisotopic (exact) mass is 192 g/mol. The molecule has 0 N–H and O–H groups in total. The minimum absolute atomic E-state index is 0.113. The lowest BCUT2D eigenvalue weighted by atomic mass is 10.2. The Morgan fingerprint density at radius 2 is 1.77 bits per heavy atom. The quantitative estimate of drug-likeness (QED) is 0.631. The van der Waals surface area contributed by atoms with E-state index in [0.717, 1.165) is 0 Å². The van der Waals surface area contributed by atoms with Gasteiger partial charge in [-0.1, -0.05) is 57.1 Å². The Morgan fingerprint density at radius 1 is 1.15 bits per heavy atom. The Morgan fingerprint density at radius 3 is 2.31 bits per heavy atom. The average molecular weight is 192 g/mol. The lowest BCUT2D eigenvalue weighted by molar-refractivity contribution is 0.759. The maximum Gasteiger partial charge on any atom is 0.0604 e. The van der Waals surface area contributed by atoms with E-state index in [0.29, 0.717) is 5.04 Å². The Kier molecular flexibility index (Phi) is 3.31. The maximum absolute atomic E-state index is 2.35. The van der Waals surface area contributed by atoms with Crippen LogP contribution in [-0.4, -0.2) is 9.52 Å². The molecule has 0 saturated heterocycles. The molecule has 72 valence electrons. The van der Waals surface area contributed by atoms with E-state index in [9.17, 15) is 0 Å². The summed E-state index contributed by atoms with van der Waals surface area (Å²) in [7, 11) is -0.113. The van der Waals surface area contributed by atoms with Crippen molar-refractivity contribution in [1.82, 2.24) is 0 Å². The largest absolute Gasteiger partial charge is 0.0634 e. The zero-order chi connectivity index (χ0) is 9.90. The zero-order valence-electron chi connectivity index (χ0n) is 9.22. The fourth-order valence-corrected chi connectivity index (χ4v) is 3.64. The van der Waals surface area contributed by atoms with Gasteiger partial charge in [0.05, 0.1) is 9.52 Å². The van der Waals surface area contributed by atoms with Gasteiger partial charge in [-0.05, 0) is 17.0 Å². The molecule has 13 heavy (non-hydrogen) atoms. The molecule has 0 atom stereocenters. The van der Waals surface area contributed by atoms with Gasteiger partial charge in [-0.15, -0.1) is 0 Å². The molecule has 0 aliphatic heterocycles. The maximum atomic E-state index is 2.35. The molecule has 0 unspecified atom stereocenters. The van der Waals surface area contributed by atoms with Crippen LogP contribution in [0.15, 0.2) is 24.3 Å². The summed E-state index contributed by atoms with van der Waals surface area (Å²) in [6, 6.07) is 8.91. The molecule has 0 nitrogen and oxygen atoms in total. The first-order chi connectivity index (χ1) is 6.03. The third kappa shape index (κ3) is 3.35. The SMILES string of the molecule is CCc1ccccc1[SiH2]C(C)(C)C. The van der Waals surface area contributed by atoms with Crippen LogP contribution in [0.5, 0.6) is 0 Å². The van der Waals surface area contributed by atoms with E-state index in [4.69, 9.17) is 0 Å². The molecule has 1 rings (SSSR count). The third-order valence-electron chi connectivity index (χ3n) is 2.22. The molecule has 0 saturated carbocycles. The van der Waals surface area contributed by atoms with E-state index < -0.39 is 0 Å². The van der Waals surface area contributed by atoms with E-state index in [1.807, 2.05) is 0 Å². The van der Waals surface area contributed by atoms with Gasteiger partial charge in [0.1, 0.15) is 0 Å². The van der Waals surface area contributed by atoms with Crippen molar-refractivity contribution in [2.45, 2.75) is 39.2 Å². The van der Waals surface area contributed by atoms with Crippen molar-refractivity contribution >= 4 is 14.7 Å². The highest BCUT2D eigenvalue weighted by Gasteiger charge is 2.13. The molecule has 0 aliphatic rings. The normalized spacial score (nSPS) is 12.6. The van der Waals surface area contributed by atoms with Crippen LogP contribution in [0, 0.1) is 0 Å². The van der Waals surface area contributed by atoms with Crippen molar-refractivity contribution in [1.29, 1.82) is 0 Å². The molecule has 0 spiro atoms. The highest BCUT2D eigenvalue weighted by molar-refractivity contribution is 6.57. The van der Waals surface area contributed by atoms with Crippen molar-refractivity contribution in [3.8, 4) is 0 Å². The van der Waals surface area contributed by atoms with Crippen LogP contribution in [0.25, 0.3) is 0 Å². The van der Waals surface area contributed by atoms with Gasteiger partial charge < -0.3 is 0 Å². The Bertz CT molecular complexity index is 271. The predicted octanol–water partition coefficient (Wildman–Crippen LogP) is 2.26. The Hall–Kier alpha value is -0.563. The smallest absolute Gasteiger partial charge is 0.0604 e. The van der Waals surface area contributed by atoms with Crippen LogP contribution in [0.3, 0.4) is 0 Å². The summed E-state index contributed by atoms with van der Waals surface area (Å²) in [5, 5.41) is 2.18. The first-order valence-corrected chi connectivity index (χ1v) is 6.51. The molecule has 1 aromatic carbocycles. The highest BCUT2D eigenvalue weighted by atomic mass is 28.2. The molecule has 1 heteroatoms. The van der Waals surface area contributed by atoms with Crippen LogP contribution < -0.4 is 5.19 Å². The van der Waals surface area contributed by atoms with Gasteiger partial charge in [0.2, 0.25) is 0 Å². The van der Waals surface area contributed by atoms with Crippen LogP contribution in [0.2, 0.25) is 5.04 Å². The van der Waals surface area contributed by atoms with Crippen molar-refractivity contribution < 1.29 is 0 Å². The van der Waals surface area contributed by atoms with Crippen molar-refractivity contribution in [3.05, 3.63) is 29.8 Å². The van der Waals surface area contributed by atoms with E-state index in [2.05, 4.69) is 52.0 Å². The van der Waals surface area contributed by atoms with Gasteiger partial charge in [0, 0.05) is 0 Å². The van der Waals surface area contributed by atoms with Gasteiger partial charge >= 0.3 is 0 Å². The standard InChI is InChI=1S/C12H20Si/c1-5-10-8-6-7-9-11(10)13-12(2,3)4/h6-9H,5,13H2,1-4H3. The zero-order valence-corrected chi connectivity index (χ0v) is 10.6. The summed E-state index contributed by atoms with van der Waals surface area (Å²) < 4.78 is 0. The minimum Gasteiger partial charge on any atom is -0.0634 e. The topological polar surface area (TPSA) is 0 Å². The van der Waals surface area contributed by atoms with Crippen molar-refractivity contribution in [2.24, 2.45) is 0 Å². The second kappa shape index (κ2) is 4.10. The molecule has 0 heterocycles. The van der Waals surface area contributed by atoms with Crippen LogP contribution in [-0.2, 0) is 6.42 Å². The minimum atomic E-state index is -0.113. The molecule has 0 amide bonds. The van der Waals surface area contributed by atoms with E-state index in [1.165, 1.54) is 6.42 Å². The van der Waals surface area contributed by atoms with Crippen LogP contribution in [0.4, 0.5) is 0 Å². The molecule has 0 aromatic heterocycles. The third-order valence-corrected chi connectivity index (χ3v) is 4.35. The van der Waals surface area contributed by atoms with E-state index in [-0.39, 0.29) is 9.52 Å². The molecule has 0 bridgehead atoms. The van der Waals surface area contributed by atoms with E-state index in [1.54, 1.807) is 10.8 Å². The summed E-state index contributed by atoms with van der Waals surface area (Å²) >= 11 is 0. The fraction of sp³-hybridized carbons (Fsp3) is 0.500. The van der Waals surface area contributed by atoms with Crippen molar-refractivity contribution in [3.63, 3.8) is 0 Å². The molecule has 0 fully saturated rings. The molecule has 0 aliphatic carbocycles. The summed E-state index contributed by atoms with van der Waals surface area (Å²) in [5.41, 5.74) is 1.56. The summed E-state index contributed by atoms with van der Waals surface area (Å²) in [5.74, 6) is 0. The van der Waals surface area contributed by atoms with Gasteiger partial charge in [-0.2, -0.15) is 0 Å². The number of benzene rings is 1. The van der Waals surface area contributed by atoms with Crippen LogP contribution in [0.1, 0.15) is 33.3 Å². The second-order valence-corrected chi connectivity index (χ2v) is 8.10. The summed E-state index contributed by atoms with van der Waals surface area (Å²) in [6.45, 7) is 9.30. The lowest BCUT2D eigenvalue weighted by Crippen LogP contribution is -2.26. The fourth-order valence-electron chi connectivity index (χ4n) is 1.65. The van der Waals surface area contributed by atoms with Gasteiger partial charge in [0.25, 0.3) is 0 Å². The highest BCUT2D eigenvalue weighted by Crippen LogP contribution is 2.20. The summed E-state index contributed by atoms with van der Waals surface area (Å²) in [6.07, 6.45) is 1.18. The average Bonchev–Trinajstić information content (AvgIpc) is 2.02. The Labute approximate surface area is 84.2 Å².